The predicted molar refractivity (Wildman–Crippen MR) is 67.7 cm³/mol. The van der Waals surface area contributed by atoms with Gasteiger partial charge < -0.3 is 19.7 Å². The fraction of sp³-hybridized carbons (Fsp3) is 0.308. The molecule has 0 saturated heterocycles. The Labute approximate surface area is 105 Å². The van der Waals surface area contributed by atoms with E-state index in [-0.39, 0.29) is 0 Å². The molecule has 2 rings (SSSR count). The summed E-state index contributed by atoms with van der Waals surface area (Å²) in [6.07, 6.45) is 0. The van der Waals surface area contributed by atoms with Crippen molar-refractivity contribution in [2.45, 2.75) is 13.5 Å². The molecule has 0 atom stereocenters. The maximum atomic E-state index is 5.51. The number of rotatable bonds is 4. The molecule has 2 N–H and O–H groups in total. The zero-order valence-corrected chi connectivity index (χ0v) is 10.7. The summed E-state index contributed by atoms with van der Waals surface area (Å²) < 4.78 is 15.9. The van der Waals surface area contributed by atoms with Crippen LogP contribution in [0.5, 0.6) is 11.5 Å². The monoisotopic (exact) mass is 248 g/mol. The molecule has 5 heteroatoms. The zero-order chi connectivity index (χ0) is 13.1. The third kappa shape index (κ3) is 2.17. The number of benzene rings is 1. The fourth-order valence-electron chi connectivity index (χ4n) is 1.78. The van der Waals surface area contributed by atoms with Crippen LogP contribution >= 0.6 is 0 Å². The minimum Gasteiger partial charge on any atom is -0.496 e. The van der Waals surface area contributed by atoms with Crippen molar-refractivity contribution in [3.8, 4) is 22.8 Å². The first-order valence-corrected chi connectivity index (χ1v) is 5.58. The van der Waals surface area contributed by atoms with E-state index in [9.17, 15) is 0 Å². The summed E-state index contributed by atoms with van der Waals surface area (Å²) in [5.41, 5.74) is 8.01. The van der Waals surface area contributed by atoms with Crippen molar-refractivity contribution in [2.24, 2.45) is 5.73 Å². The second kappa shape index (κ2) is 5.10. The number of methoxy groups -OCH3 is 2. The van der Waals surface area contributed by atoms with Crippen LogP contribution in [-0.4, -0.2) is 19.4 Å². The molecule has 96 valence electrons. The zero-order valence-electron chi connectivity index (χ0n) is 10.7. The molecule has 1 aromatic heterocycles. The van der Waals surface area contributed by atoms with E-state index < -0.39 is 0 Å². The highest BCUT2D eigenvalue weighted by atomic mass is 16.5. The van der Waals surface area contributed by atoms with Crippen molar-refractivity contribution in [2.75, 3.05) is 14.2 Å². The summed E-state index contributed by atoms with van der Waals surface area (Å²) in [4.78, 5) is 0. The highest BCUT2D eigenvalue weighted by Crippen LogP contribution is 2.36. The molecule has 1 heterocycles. The van der Waals surface area contributed by atoms with Crippen LogP contribution in [0.2, 0.25) is 0 Å². The van der Waals surface area contributed by atoms with Crippen molar-refractivity contribution < 1.29 is 14.0 Å². The largest absolute Gasteiger partial charge is 0.496 e. The lowest BCUT2D eigenvalue weighted by Crippen LogP contribution is -1.95. The topological polar surface area (TPSA) is 70.5 Å². The average molecular weight is 248 g/mol. The Balaban J connectivity index is 2.54. The molecular weight excluding hydrogens is 232 g/mol. The van der Waals surface area contributed by atoms with Gasteiger partial charge in [-0.1, -0.05) is 5.16 Å². The van der Waals surface area contributed by atoms with E-state index in [2.05, 4.69) is 5.16 Å². The number of aromatic nitrogens is 1. The van der Waals surface area contributed by atoms with Gasteiger partial charge in [0.1, 0.15) is 11.5 Å². The summed E-state index contributed by atoms with van der Waals surface area (Å²) >= 11 is 0. The normalized spacial score (nSPS) is 10.4. The van der Waals surface area contributed by atoms with Gasteiger partial charge in [0.2, 0.25) is 0 Å². The van der Waals surface area contributed by atoms with Crippen LogP contribution < -0.4 is 15.2 Å². The number of nitrogens with zero attached hydrogens (tertiary/aromatic N) is 1. The van der Waals surface area contributed by atoms with E-state index in [4.69, 9.17) is 19.7 Å². The van der Waals surface area contributed by atoms with E-state index in [0.29, 0.717) is 23.7 Å². The van der Waals surface area contributed by atoms with Crippen LogP contribution in [0.15, 0.2) is 22.7 Å². The number of hydrogen-bond acceptors (Lipinski definition) is 5. The third-order valence-electron chi connectivity index (χ3n) is 2.75. The van der Waals surface area contributed by atoms with E-state index in [1.54, 1.807) is 20.3 Å². The molecular formula is C13H16N2O3. The van der Waals surface area contributed by atoms with Crippen molar-refractivity contribution in [3.05, 3.63) is 29.5 Å². The summed E-state index contributed by atoms with van der Waals surface area (Å²) in [7, 11) is 3.25. The first-order chi connectivity index (χ1) is 8.69. The van der Waals surface area contributed by atoms with E-state index in [1.807, 2.05) is 19.1 Å². The molecule has 0 radical (unpaired) electrons. The van der Waals surface area contributed by atoms with Gasteiger partial charge in [-0.25, -0.2) is 0 Å². The number of ether oxygens (including phenoxy) is 2. The summed E-state index contributed by atoms with van der Waals surface area (Å²) in [6.45, 7) is 2.30. The second-order valence-corrected chi connectivity index (χ2v) is 3.91. The Hall–Kier alpha value is -2.01. The molecule has 18 heavy (non-hydrogen) atoms. The maximum absolute atomic E-state index is 5.51. The molecule has 0 bridgehead atoms. The van der Waals surface area contributed by atoms with Gasteiger partial charge in [0.15, 0.2) is 5.76 Å². The summed E-state index contributed by atoms with van der Waals surface area (Å²) in [5, 5.41) is 3.87. The molecule has 0 unspecified atom stereocenters. The lowest BCUT2D eigenvalue weighted by molar-refractivity contribution is 0.394. The summed E-state index contributed by atoms with van der Waals surface area (Å²) in [6, 6.07) is 5.57. The van der Waals surface area contributed by atoms with Crippen molar-refractivity contribution >= 4 is 0 Å². The van der Waals surface area contributed by atoms with Crippen molar-refractivity contribution in [1.29, 1.82) is 0 Å². The Bertz CT molecular complexity index is 549. The van der Waals surface area contributed by atoms with Crippen LogP contribution in [0.1, 0.15) is 11.3 Å². The highest BCUT2D eigenvalue weighted by Gasteiger charge is 2.14. The smallest absolute Gasteiger partial charge is 0.171 e. The fourth-order valence-corrected chi connectivity index (χ4v) is 1.78. The number of aryl methyl sites for hydroxylation is 1. The van der Waals surface area contributed by atoms with E-state index in [0.717, 1.165) is 16.9 Å². The molecule has 0 spiro atoms. The van der Waals surface area contributed by atoms with Gasteiger partial charge in [0.25, 0.3) is 0 Å². The lowest BCUT2D eigenvalue weighted by atomic mass is 10.1. The van der Waals surface area contributed by atoms with Gasteiger partial charge in [-0.15, -0.1) is 0 Å². The molecule has 5 nitrogen and oxygen atoms in total. The number of nitrogens with two attached hydrogens (primary N) is 1. The van der Waals surface area contributed by atoms with Crippen LogP contribution in [0.25, 0.3) is 11.3 Å². The first kappa shape index (κ1) is 12.4. The first-order valence-electron chi connectivity index (χ1n) is 5.58. The number of hydrogen-bond donors (Lipinski definition) is 1. The van der Waals surface area contributed by atoms with Crippen molar-refractivity contribution in [1.82, 2.24) is 5.16 Å². The van der Waals surface area contributed by atoms with Crippen LogP contribution in [0.4, 0.5) is 0 Å². The minimum atomic E-state index is 0.342. The Kier molecular flexibility index (Phi) is 3.53. The van der Waals surface area contributed by atoms with Crippen LogP contribution in [-0.2, 0) is 6.54 Å². The van der Waals surface area contributed by atoms with Crippen molar-refractivity contribution in [3.63, 3.8) is 0 Å². The van der Waals surface area contributed by atoms with Gasteiger partial charge in [-0.3, -0.25) is 0 Å². The summed E-state index contributed by atoms with van der Waals surface area (Å²) in [5.74, 6) is 2.11. The Morgan fingerprint density at radius 3 is 2.44 bits per heavy atom. The van der Waals surface area contributed by atoms with Gasteiger partial charge in [0, 0.05) is 12.6 Å². The molecule has 2 aromatic rings. The average Bonchev–Trinajstić information content (AvgIpc) is 2.87. The molecule has 0 aliphatic rings. The molecule has 0 fully saturated rings. The predicted octanol–water partition coefficient (Wildman–Crippen LogP) is 2.13. The quantitative estimate of drug-likeness (QED) is 0.897. The Morgan fingerprint density at radius 1 is 1.17 bits per heavy atom. The molecule has 0 aliphatic carbocycles. The van der Waals surface area contributed by atoms with Crippen LogP contribution in [0.3, 0.4) is 0 Å². The van der Waals surface area contributed by atoms with Gasteiger partial charge in [-0.05, 0) is 24.6 Å². The third-order valence-corrected chi connectivity index (χ3v) is 2.75. The SMILES string of the molecule is COc1cc(-c2cc(CN)no2)c(OC)cc1C. The lowest BCUT2D eigenvalue weighted by Gasteiger charge is -2.10. The Morgan fingerprint density at radius 2 is 1.89 bits per heavy atom. The molecule has 0 saturated carbocycles. The minimum absolute atomic E-state index is 0.342. The molecule has 1 aromatic carbocycles. The van der Waals surface area contributed by atoms with Gasteiger partial charge in [0.05, 0.1) is 25.5 Å². The van der Waals surface area contributed by atoms with E-state index >= 15 is 0 Å². The van der Waals surface area contributed by atoms with Crippen LogP contribution in [0, 0.1) is 6.92 Å². The van der Waals surface area contributed by atoms with Gasteiger partial charge >= 0.3 is 0 Å². The second-order valence-electron chi connectivity index (χ2n) is 3.91. The van der Waals surface area contributed by atoms with E-state index in [1.165, 1.54) is 0 Å². The maximum Gasteiger partial charge on any atom is 0.171 e. The standard InChI is InChI=1S/C13H16N2O3/c1-8-4-12(17-3)10(6-11(8)16-2)13-5-9(7-14)15-18-13/h4-6H,7,14H2,1-3H3. The molecule has 0 amide bonds. The molecule has 0 aliphatic heterocycles. The highest BCUT2D eigenvalue weighted by molar-refractivity contribution is 5.69. The van der Waals surface area contributed by atoms with Gasteiger partial charge in [-0.2, -0.15) is 0 Å².